The largest absolute Gasteiger partial charge is 0.496 e. The van der Waals surface area contributed by atoms with Crippen molar-refractivity contribution in [3.63, 3.8) is 0 Å². The van der Waals surface area contributed by atoms with Crippen LogP contribution in [0.4, 0.5) is 0 Å². The molecule has 2 aromatic rings. The summed E-state index contributed by atoms with van der Waals surface area (Å²) in [6.07, 6.45) is 2.55. The standard InChI is InChI=1S/C23H29NO4/c1-15-11-12-17(16(2)14-15)22(24-13-6-5-8-18(24)23(25)26)21-19(27-3)9-7-10-20(21)28-4/h7,9-12,14,18,22H,5-6,8,13H2,1-4H3,(H,25,26). The molecule has 1 heterocycles. The number of methoxy groups -OCH3 is 2. The zero-order valence-electron chi connectivity index (χ0n) is 17.1. The van der Waals surface area contributed by atoms with Crippen LogP contribution in [0.15, 0.2) is 36.4 Å². The summed E-state index contributed by atoms with van der Waals surface area (Å²) >= 11 is 0. The van der Waals surface area contributed by atoms with E-state index in [1.54, 1.807) is 14.2 Å². The molecule has 5 heteroatoms. The van der Waals surface area contributed by atoms with Crippen LogP contribution in [-0.4, -0.2) is 42.8 Å². The predicted octanol–water partition coefficient (Wildman–Crippen LogP) is 4.35. The SMILES string of the molecule is COc1cccc(OC)c1C(c1ccc(C)cc1C)N1CCCCC1C(=O)O. The number of carboxylic acids is 1. The van der Waals surface area contributed by atoms with Crippen LogP contribution >= 0.6 is 0 Å². The van der Waals surface area contributed by atoms with Gasteiger partial charge in [-0.05, 0) is 56.5 Å². The van der Waals surface area contributed by atoms with Gasteiger partial charge in [0.15, 0.2) is 0 Å². The highest BCUT2D eigenvalue weighted by atomic mass is 16.5. The van der Waals surface area contributed by atoms with Crippen molar-refractivity contribution in [1.29, 1.82) is 0 Å². The Hall–Kier alpha value is -2.53. The molecule has 2 aromatic carbocycles. The van der Waals surface area contributed by atoms with Crippen LogP contribution in [0.2, 0.25) is 0 Å². The molecule has 1 fully saturated rings. The fourth-order valence-corrected chi connectivity index (χ4v) is 4.31. The van der Waals surface area contributed by atoms with E-state index in [4.69, 9.17) is 9.47 Å². The number of carboxylic acid groups (broad SMARTS) is 1. The van der Waals surface area contributed by atoms with Gasteiger partial charge in [0.05, 0.1) is 25.8 Å². The maximum atomic E-state index is 12.1. The number of carbonyl (C=O) groups is 1. The third-order valence-electron chi connectivity index (χ3n) is 5.62. The number of rotatable bonds is 6. The van der Waals surface area contributed by atoms with Crippen molar-refractivity contribution < 1.29 is 19.4 Å². The van der Waals surface area contributed by atoms with Crippen molar-refractivity contribution in [3.05, 3.63) is 58.7 Å². The third kappa shape index (κ3) is 3.85. The number of hydrogen-bond acceptors (Lipinski definition) is 4. The van der Waals surface area contributed by atoms with Gasteiger partial charge in [-0.3, -0.25) is 9.69 Å². The molecule has 3 rings (SSSR count). The van der Waals surface area contributed by atoms with Crippen LogP contribution in [-0.2, 0) is 4.79 Å². The summed E-state index contributed by atoms with van der Waals surface area (Å²) in [5.74, 6) is 0.640. The van der Waals surface area contributed by atoms with Gasteiger partial charge < -0.3 is 14.6 Å². The topological polar surface area (TPSA) is 59.0 Å². The van der Waals surface area contributed by atoms with Gasteiger partial charge in [0, 0.05) is 0 Å². The molecule has 0 amide bonds. The zero-order chi connectivity index (χ0) is 20.3. The lowest BCUT2D eigenvalue weighted by Crippen LogP contribution is -2.47. The second-order valence-corrected chi connectivity index (χ2v) is 7.43. The van der Waals surface area contributed by atoms with E-state index in [2.05, 4.69) is 36.9 Å². The van der Waals surface area contributed by atoms with Gasteiger partial charge in [0.25, 0.3) is 0 Å². The molecule has 0 saturated carbocycles. The molecule has 1 aliphatic rings. The average molecular weight is 383 g/mol. The van der Waals surface area contributed by atoms with E-state index in [-0.39, 0.29) is 6.04 Å². The lowest BCUT2D eigenvalue weighted by atomic mass is 9.88. The van der Waals surface area contributed by atoms with E-state index >= 15 is 0 Å². The summed E-state index contributed by atoms with van der Waals surface area (Å²) in [4.78, 5) is 14.2. The van der Waals surface area contributed by atoms with Gasteiger partial charge in [-0.1, -0.05) is 36.2 Å². The van der Waals surface area contributed by atoms with Gasteiger partial charge in [-0.25, -0.2) is 0 Å². The van der Waals surface area contributed by atoms with Crippen LogP contribution in [0, 0.1) is 13.8 Å². The highest BCUT2D eigenvalue weighted by Crippen LogP contribution is 2.44. The van der Waals surface area contributed by atoms with E-state index in [1.807, 2.05) is 18.2 Å². The molecule has 0 aliphatic carbocycles. The quantitative estimate of drug-likeness (QED) is 0.804. The minimum absolute atomic E-state index is 0.256. The number of aryl methyl sites for hydroxylation is 2. The van der Waals surface area contributed by atoms with E-state index in [0.717, 1.165) is 36.1 Å². The van der Waals surface area contributed by atoms with E-state index in [0.29, 0.717) is 17.9 Å². The molecule has 0 bridgehead atoms. The summed E-state index contributed by atoms with van der Waals surface area (Å²) in [7, 11) is 3.28. The zero-order valence-corrected chi connectivity index (χ0v) is 17.1. The Bertz CT molecular complexity index is 826. The molecule has 1 aliphatic heterocycles. The molecule has 1 N–H and O–H groups in total. The number of aliphatic carboxylic acids is 1. The van der Waals surface area contributed by atoms with Crippen molar-refractivity contribution >= 4 is 5.97 Å². The smallest absolute Gasteiger partial charge is 0.320 e. The first kappa shape index (κ1) is 20.2. The highest BCUT2D eigenvalue weighted by molar-refractivity contribution is 5.74. The maximum absolute atomic E-state index is 12.1. The molecular weight excluding hydrogens is 354 g/mol. The lowest BCUT2D eigenvalue weighted by Gasteiger charge is -2.40. The second kappa shape index (κ2) is 8.65. The Morgan fingerprint density at radius 2 is 1.79 bits per heavy atom. The van der Waals surface area contributed by atoms with E-state index in [9.17, 15) is 9.90 Å². The normalized spacial score (nSPS) is 18.5. The number of ether oxygens (including phenoxy) is 2. The van der Waals surface area contributed by atoms with Gasteiger partial charge in [-0.15, -0.1) is 0 Å². The lowest BCUT2D eigenvalue weighted by molar-refractivity contribution is -0.145. The monoisotopic (exact) mass is 383 g/mol. The maximum Gasteiger partial charge on any atom is 0.320 e. The fraction of sp³-hybridized carbons (Fsp3) is 0.435. The van der Waals surface area contributed by atoms with Crippen LogP contribution in [0.3, 0.4) is 0 Å². The molecule has 0 radical (unpaired) electrons. The summed E-state index contributed by atoms with van der Waals surface area (Å²) < 4.78 is 11.4. The van der Waals surface area contributed by atoms with Gasteiger partial charge >= 0.3 is 5.97 Å². The molecule has 0 spiro atoms. The second-order valence-electron chi connectivity index (χ2n) is 7.43. The number of nitrogens with zero attached hydrogens (tertiary/aromatic N) is 1. The van der Waals surface area contributed by atoms with Crippen molar-refractivity contribution in [3.8, 4) is 11.5 Å². The Labute approximate surface area is 166 Å². The Morgan fingerprint density at radius 3 is 2.36 bits per heavy atom. The molecule has 2 atom stereocenters. The van der Waals surface area contributed by atoms with E-state index < -0.39 is 12.0 Å². The molecular formula is C23H29NO4. The van der Waals surface area contributed by atoms with Gasteiger partial charge in [0.2, 0.25) is 0 Å². The molecule has 150 valence electrons. The summed E-state index contributed by atoms with van der Waals surface area (Å²) in [5, 5.41) is 9.91. The molecule has 5 nitrogen and oxygen atoms in total. The third-order valence-corrected chi connectivity index (χ3v) is 5.62. The van der Waals surface area contributed by atoms with Crippen LogP contribution < -0.4 is 9.47 Å². The van der Waals surface area contributed by atoms with Crippen molar-refractivity contribution in [2.24, 2.45) is 0 Å². The van der Waals surface area contributed by atoms with Crippen LogP contribution in [0.25, 0.3) is 0 Å². The molecule has 0 aromatic heterocycles. The number of likely N-dealkylation sites (tertiary alicyclic amines) is 1. The van der Waals surface area contributed by atoms with Crippen LogP contribution in [0.5, 0.6) is 11.5 Å². The van der Waals surface area contributed by atoms with Crippen molar-refractivity contribution in [2.45, 2.75) is 45.2 Å². The van der Waals surface area contributed by atoms with E-state index in [1.165, 1.54) is 5.56 Å². The number of hydrogen-bond donors (Lipinski definition) is 1. The average Bonchev–Trinajstić information content (AvgIpc) is 2.70. The van der Waals surface area contributed by atoms with Gasteiger partial charge in [-0.2, -0.15) is 0 Å². The first-order chi connectivity index (χ1) is 13.5. The molecule has 28 heavy (non-hydrogen) atoms. The molecule has 1 saturated heterocycles. The predicted molar refractivity (Wildman–Crippen MR) is 109 cm³/mol. The summed E-state index contributed by atoms with van der Waals surface area (Å²) in [6, 6.07) is 11.3. The summed E-state index contributed by atoms with van der Waals surface area (Å²) in [5.41, 5.74) is 4.28. The van der Waals surface area contributed by atoms with Gasteiger partial charge in [0.1, 0.15) is 17.5 Å². The Morgan fingerprint density at radius 1 is 1.11 bits per heavy atom. The number of benzene rings is 2. The van der Waals surface area contributed by atoms with Crippen molar-refractivity contribution in [1.82, 2.24) is 4.90 Å². The number of piperidine rings is 1. The van der Waals surface area contributed by atoms with Crippen molar-refractivity contribution in [2.75, 3.05) is 20.8 Å². The summed E-state index contributed by atoms with van der Waals surface area (Å²) in [6.45, 7) is 4.86. The minimum Gasteiger partial charge on any atom is -0.496 e. The first-order valence-corrected chi connectivity index (χ1v) is 9.74. The van der Waals surface area contributed by atoms with Crippen LogP contribution in [0.1, 0.15) is 47.6 Å². The minimum atomic E-state index is -0.775. The Balaban J connectivity index is 2.25. The first-order valence-electron chi connectivity index (χ1n) is 9.74. The Kier molecular flexibility index (Phi) is 6.25. The molecule has 2 unspecified atom stereocenters. The fourth-order valence-electron chi connectivity index (χ4n) is 4.31. The highest BCUT2D eigenvalue weighted by Gasteiger charge is 2.38.